The lowest BCUT2D eigenvalue weighted by atomic mass is 10.3. The lowest BCUT2D eigenvalue weighted by Crippen LogP contribution is -2.21. The summed E-state index contributed by atoms with van der Waals surface area (Å²) in [5.74, 6) is -0.210. The van der Waals surface area contributed by atoms with Gasteiger partial charge in [-0.3, -0.25) is 13.8 Å². The van der Waals surface area contributed by atoms with Gasteiger partial charge in [0.25, 0.3) is 0 Å². The molecule has 0 bridgehead atoms. The van der Waals surface area contributed by atoms with E-state index in [1.165, 1.54) is 12.3 Å². The van der Waals surface area contributed by atoms with Crippen LogP contribution in [0.25, 0.3) is 0 Å². The average molecular weight is 341 g/mol. The minimum atomic E-state index is -1.41. The van der Waals surface area contributed by atoms with Crippen LogP contribution in [0.1, 0.15) is 44.7 Å². The summed E-state index contributed by atoms with van der Waals surface area (Å²) >= 11 is 0. The van der Waals surface area contributed by atoms with Gasteiger partial charge in [0.1, 0.15) is 11.9 Å². The number of carbonyl (C=O) groups is 1. The minimum Gasteiger partial charge on any atom is -0.488 e. The summed E-state index contributed by atoms with van der Waals surface area (Å²) in [7, 11) is -1.41. The first kappa shape index (κ1) is 17.7. The number of carbonyl (C=O) groups excluding carboxylic acids is 1. The second kappa shape index (κ2) is 8.86. The first-order valence-electron chi connectivity index (χ1n) is 7.97. The highest BCUT2D eigenvalue weighted by atomic mass is 32.2. The topological polar surface area (TPSA) is 85.5 Å². The van der Waals surface area contributed by atoms with Gasteiger partial charge in [-0.2, -0.15) is 0 Å². The molecular formula is C16H23NO5S. The molecule has 7 heteroatoms. The molecule has 1 aliphatic carbocycles. The zero-order chi connectivity index (χ0) is 16.7. The molecule has 1 saturated carbocycles. The number of hydrogen-bond acceptors (Lipinski definition) is 5. The molecular weight excluding hydrogens is 318 g/mol. The molecule has 0 saturated heterocycles. The van der Waals surface area contributed by atoms with E-state index < -0.39 is 16.8 Å². The quantitative estimate of drug-likeness (QED) is 0.730. The normalized spacial score (nSPS) is 16.2. The highest BCUT2D eigenvalue weighted by molar-refractivity contribution is 7.84. The van der Waals surface area contributed by atoms with Crippen LogP contribution >= 0.6 is 0 Å². The van der Waals surface area contributed by atoms with Gasteiger partial charge in [-0.15, -0.1) is 0 Å². The second-order valence-electron chi connectivity index (χ2n) is 5.66. The fraction of sp³-hybridized carbons (Fsp3) is 0.625. The number of aromatic amines is 1. The lowest BCUT2D eigenvalue weighted by molar-refractivity contribution is -0.145. The largest absolute Gasteiger partial charge is 0.488 e. The zero-order valence-electron chi connectivity index (χ0n) is 13.3. The average Bonchev–Trinajstić information content (AvgIpc) is 2.99. The molecule has 1 atom stereocenters. The number of pyridine rings is 1. The number of nitrogens with one attached hydrogen (secondary N) is 1. The van der Waals surface area contributed by atoms with E-state index in [4.69, 9.17) is 9.47 Å². The standard InChI is InChI=1S/C16H23NO5S/c1-2-7-21-15-9-17-12(8-14(15)18)10-23(20)11-16(19)22-13-5-3-4-6-13/h8-9,13H,2-7,10-11H2,1H3,(H,17,18). The van der Waals surface area contributed by atoms with Gasteiger partial charge >= 0.3 is 5.97 Å². The molecule has 1 aliphatic rings. The maximum atomic E-state index is 12.0. The number of ether oxygens (including phenoxy) is 2. The van der Waals surface area contributed by atoms with Crippen molar-refractivity contribution < 1.29 is 18.5 Å². The number of aromatic nitrogens is 1. The Kier molecular flexibility index (Phi) is 6.83. The van der Waals surface area contributed by atoms with E-state index in [0.29, 0.717) is 12.3 Å². The minimum absolute atomic E-state index is 0.0192. The van der Waals surface area contributed by atoms with Crippen molar-refractivity contribution in [2.45, 2.75) is 50.9 Å². The van der Waals surface area contributed by atoms with Gasteiger partial charge in [-0.1, -0.05) is 6.92 Å². The van der Waals surface area contributed by atoms with Crippen molar-refractivity contribution in [3.05, 3.63) is 28.2 Å². The van der Waals surface area contributed by atoms with Gasteiger partial charge in [0.05, 0.1) is 12.4 Å². The van der Waals surface area contributed by atoms with Gasteiger partial charge < -0.3 is 14.5 Å². The second-order valence-corrected chi connectivity index (χ2v) is 7.12. The van der Waals surface area contributed by atoms with E-state index in [-0.39, 0.29) is 28.8 Å². The first-order chi connectivity index (χ1) is 11.1. The van der Waals surface area contributed by atoms with E-state index >= 15 is 0 Å². The molecule has 1 heterocycles. The number of hydrogen-bond donors (Lipinski definition) is 1. The third-order valence-corrected chi connectivity index (χ3v) is 4.78. The molecule has 0 radical (unpaired) electrons. The fourth-order valence-electron chi connectivity index (χ4n) is 2.49. The molecule has 0 amide bonds. The monoisotopic (exact) mass is 341 g/mol. The van der Waals surface area contributed by atoms with Crippen molar-refractivity contribution in [1.82, 2.24) is 4.98 Å². The summed E-state index contributed by atoms with van der Waals surface area (Å²) in [6, 6.07) is 1.37. The Hall–Kier alpha value is -1.63. The molecule has 1 aromatic heterocycles. The van der Waals surface area contributed by atoms with Crippen molar-refractivity contribution in [3.8, 4) is 5.75 Å². The molecule has 23 heavy (non-hydrogen) atoms. The van der Waals surface area contributed by atoms with Gasteiger partial charge in [-0.05, 0) is 32.1 Å². The van der Waals surface area contributed by atoms with Crippen LogP contribution in [0.4, 0.5) is 0 Å². The molecule has 0 aromatic carbocycles. The predicted molar refractivity (Wildman–Crippen MR) is 87.9 cm³/mol. The molecule has 1 unspecified atom stereocenters. The summed E-state index contributed by atoms with van der Waals surface area (Å²) in [4.78, 5) is 26.5. The van der Waals surface area contributed by atoms with Gasteiger partial charge in [0.2, 0.25) is 5.43 Å². The van der Waals surface area contributed by atoms with Crippen LogP contribution < -0.4 is 10.2 Å². The molecule has 6 nitrogen and oxygen atoms in total. The highest BCUT2D eigenvalue weighted by Gasteiger charge is 2.20. The lowest BCUT2D eigenvalue weighted by Gasteiger charge is -2.11. The summed E-state index contributed by atoms with van der Waals surface area (Å²) in [5.41, 5.74) is 0.267. The Morgan fingerprint density at radius 2 is 2.13 bits per heavy atom. The van der Waals surface area contributed by atoms with Crippen molar-refractivity contribution >= 4 is 16.8 Å². The van der Waals surface area contributed by atoms with E-state index in [1.54, 1.807) is 0 Å². The predicted octanol–water partition coefficient (Wildman–Crippen LogP) is 1.90. The number of esters is 1. The van der Waals surface area contributed by atoms with Crippen LogP contribution in [0.15, 0.2) is 17.1 Å². The zero-order valence-corrected chi connectivity index (χ0v) is 14.2. The highest BCUT2D eigenvalue weighted by Crippen LogP contribution is 2.21. The Labute approximate surface area is 138 Å². The van der Waals surface area contributed by atoms with Crippen LogP contribution in [0.5, 0.6) is 5.75 Å². The maximum Gasteiger partial charge on any atom is 0.318 e. The van der Waals surface area contributed by atoms with Crippen LogP contribution in [0.2, 0.25) is 0 Å². The Bertz CT molecular complexity index is 607. The van der Waals surface area contributed by atoms with E-state index in [1.807, 2.05) is 6.92 Å². The van der Waals surface area contributed by atoms with Crippen molar-refractivity contribution in [2.24, 2.45) is 0 Å². The van der Waals surface area contributed by atoms with E-state index in [2.05, 4.69) is 4.98 Å². The van der Waals surface area contributed by atoms with Crippen LogP contribution in [0.3, 0.4) is 0 Å². The third-order valence-electron chi connectivity index (χ3n) is 3.59. The molecule has 1 fully saturated rings. The maximum absolute atomic E-state index is 12.0. The number of H-pyrrole nitrogens is 1. The molecule has 0 spiro atoms. The van der Waals surface area contributed by atoms with Crippen molar-refractivity contribution in [2.75, 3.05) is 12.4 Å². The summed E-state index contributed by atoms with van der Waals surface area (Å²) in [6.45, 7) is 2.43. The van der Waals surface area contributed by atoms with Crippen molar-refractivity contribution in [3.63, 3.8) is 0 Å². The van der Waals surface area contributed by atoms with Crippen LogP contribution in [-0.4, -0.2) is 33.6 Å². The van der Waals surface area contributed by atoms with Gasteiger partial charge in [0.15, 0.2) is 5.75 Å². The summed E-state index contributed by atoms with van der Waals surface area (Å²) in [5, 5.41) is 0. The molecule has 1 N–H and O–H groups in total. The smallest absolute Gasteiger partial charge is 0.318 e. The van der Waals surface area contributed by atoms with Gasteiger partial charge in [-0.25, -0.2) is 0 Å². The molecule has 2 rings (SSSR count). The third kappa shape index (κ3) is 5.82. The molecule has 128 valence electrons. The van der Waals surface area contributed by atoms with Gasteiger partial charge in [0, 0.05) is 28.8 Å². The summed E-state index contributed by atoms with van der Waals surface area (Å²) < 4.78 is 22.6. The molecule has 1 aromatic rings. The summed E-state index contributed by atoms with van der Waals surface area (Å²) in [6.07, 6.45) is 6.21. The first-order valence-corrected chi connectivity index (χ1v) is 9.46. The van der Waals surface area contributed by atoms with Crippen LogP contribution in [0, 0.1) is 0 Å². The fourth-order valence-corrected chi connectivity index (χ4v) is 3.44. The van der Waals surface area contributed by atoms with Crippen LogP contribution in [-0.2, 0) is 26.1 Å². The Morgan fingerprint density at radius 3 is 2.78 bits per heavy atom. The SMILES string of the molecule is CCCOc1c[nH]c(CS(=O)CC(=O)OC2CCCC2)cc1=O. The van der Waals surface area contributed by atoms with Crippen molar-refractivity contribution in [1.29, 1.82) is 0 Å². The Balaban J connectivity index is 1.83. The van der Waals surface area contributed by atoms with E-state index in [0.717, 1.165) is 32.1 Å². The molecule has 0 aliphatic heterocycles. The number of rotatable bonds is 8. The Morgan fingerprint density at radius 1 is 1.39 bits per heavy atom. The van der Waals surface area contributed by atoms with E-state index in [9.17, 15) is 13.8 Å².